The number of thioether (sulfide) groups is 1. The summed E-state index contributed by atoms with van der Waals surface area (Å²) < 4.78 is 7.17. The molecule has 0 aromatic carbocycles. The van der Waals surface area contributed by atoms with Crippen molar-refractivity contribution in [2.24, 2.45) is 0 Å². The Morgan fingerprint density at radius 3 is 2.89 bits per heavy atom. The van der Waals surface area contributed by atoms with Crippen molar-refractivity contribution in [1.82, 2.24) is 14.8 Å². The molecule has 0 spiro atoms. The van der Waals surface area contributed by atoms with Crippen molar-refractivity contribution < 1.29 is 14.3 Å². The van der Waals surface area contributed by atoms with Gasteiger partial charge in [0.15, 0.2) is 10.9 Å². The van der Waals surface area contributed by atoms with E-state index in [9.17, 15) is 4.79 Å². The molecule has 2 heterocycles. The number of rotatable bonds is 5. The summed E-state index contributed by atoms with van der Waals surface area (Å²) in [6.45, 7) is 3.97. The van der Waals surface area contributed by atoms with Gasteiger partial charge in [-0.3, -0.25) is 9.36 Å². The maximum Gasteiger partial charge on any atom is 0.313 e. The van der Waals surface area contributed by atoms with Crippen LogP contribution in [0.15, 0.2) is 28.0 Å². The maximum atomic E-state index is 10.6. The summed E-state index contributed by atoms with van der Waals surface area (Å²) in [4.78, 5) is 10.6. The Bertz CT molecular complexity index is 534. The topological polar surface area (TPSA) is 81.2 Å². The standard InChI is InChI=1S/C11H13N3O3S/c1-7(2)14-10(8-4-3-5-17-8)12-13-11(14)18-6-9(15)16/h3-5,7H,6H2,1-2H3,(H,15,16). The zero-order valence-corrected chi connectivity index (χ0v) is 10.8. The Morgan fingerprint density at radius 2 is 2.33 bits per heavy atom. The molecule has 0 saturated carbocycles. The molecule has 0 unspecified atom stereocenters. The van der Waals surface area contributed by atoms with Gasteiger partial charge in [0.1, 0.15) is 0 Å². The van der Waals surface area contributed by atoms with E-state index in [0.717, 1.165) is 11.8 Å². The van der Waals surface area contributed by atoms with Crippen LogP contribution >= 0.6 is 11.8 Å². The van der Waals surface area contributed by atoms with Crippen molar-refractivity contribution in [3.63, 3.8) is 0 Å². The average molecular weight is 267 g/mol. The molecule has 0 aliphatic rings. The van der Waals surface area contributed by atoms with Crippen molar-refractivity contribution >= 4 is 17.7 Å². The molecule has 0 fully saturated rings. The number of hydrogen-bond acceptors (Lipinski definition) is 5. The van der Waals surface area contributed by atoms with Crippen LogP contribution in [0.2, 0.25) is 0 Å². The normalized spacial score (nSPS) is 11.1. The highest BCUT2D eigenvalue weighted by Crippen LogP contribution is 2.27. The average Bonchev–Trinajstić information content (AvgIpc) is 2.94. The van der Waals surface area contributed by atoms with Gasteiger partial charge < -0.3 is 9.52 Å². The Kier molecular flexibility index (Phi) is 3.71. The fourth-order valence-corrected chi connectivity index (χ4v) is 2.33. The third-order valence-electron chi connectivity index (χ3n) is 2.25. The first-order chi connectivity index (χ1) is 8.59. The molecule has 2 rings (SSSR count). The predicted molar refractivity (Wildman–Crippen MR) is 66.5 cm³/mol. The van der Waals surface area contributed by atoms with Crippen LogP contribution in [0, 0.1) is 0 Å². The minimum absolute atomic E-state index is 0.0387. The van der Waals surface area contributed by atoms with E-state index in [1.165, 1.54) is 0 Å². The molecule has 2 aromatic rings. The second-order valence-electron chi connectivity index (χ2n) is 3.93. The van der Waals surface area contributed by atoms with E-state index in [0.29, 0.717) is 16.7 Å². The van der Waals surface area contributed by atoms with Crippen LogP contribution in [0.1, 0.15) is 19.9 Å². The summed E-state index contributed by atoms with van der Waals surface area (Å²) in [6, 6.07) is 3.70. The van der Waals surface area contributed by atoms with Crippen LogP contribution in [0.25, 0.3) is 11.6 Å². The third kappa shape index (κ3) is 2.56. The van der Waals surface area contributed by atoms with Crippen LogP contribution in [-0.2, 0) is 4.79 Å². The van der Waals surface area contributed by atoms with E-state index < -0.39 is 5.97 Å². The first kappa shape index (κ1) is 12.7. The molecular weight excluding hydrogens is 254 g/mol. The Hall–Kier alpha value is -1.76. The summed E-state index contributed by atoms with van der Waals surface area (Å²) in [5.41, 5.74) is 0. The molecule has 6 nitrogen and oxygen atoms in total. The van der Waals surface area contributed by atoms with Gasteiger partial charge in [0, 0.05) is 6.04 Å². The summed E-state index contributed by atoms with van der Waals surface area (Å²) in [7, 11) is 0. The molecule has 2 aromatic heterocycles. The quantitative estimate of drug-likeness (QED) is 0.837. The van der Waals surface area contributed by atoms with E-state index in [4.69, 9.17) is 9.52 Å². The first-order valence-corrected chi connectivity index (χ1v) is 6.41. The molecule has 0 radical (unpaired) electrons. The van der Waals surface area contributed by atoms with Crippen LogP contribution in [0.5, 0.6) is 0 Å². The van der Waals surface area contributed by atoms with Crippen molar-refractivity contribution in [2.45, 2.75) is 25.0 Å². The second-order valence-corrected chi connectivity index (χ2v) is 4.87. The summed E-state index contributed by atoms with van der Waals surface area (Å²) >= 11 is 1.15. The van der Waals surface area contributed by atoms with Gasteiger partial charge in [-0.1, -0.05) is 11.8 Å². The summed E-state index contributed by atoms with van der Waals surface area (Å²) in [6.07, 6.45) is 1.57. The molecule has 0 saturated heterocycles. The number of aliphatic carboxylic acids is 1. The van der Waals surface area contributed by atoms with Crippen LogP contribution in [-0.4, -0.2) is 31.6 Å². The van der Waals surface area contributed by atoms with Gasteiger partial charge in [-0.2, -0.15) is 0 Å². The molecule has 18 heavy (non-hydrogen) atoms. The Labute approximate surface area is 108 Å². The number of carboxylic acids is 1. The predicted octanol–water partition coefficient (Wildman–Crippen LogP) is 2.30. The van der Waals surface area contributed by atoms with Gasteiger partial charge in [0.25, 0.3) is 0 Å². The zero-order chi connectivity index (χ0) is 13.1. The minimum Gasteiger partial charge on any atom is -0.481 e. The molecule has 0 atom stereocenters. The fourth-order valence-electron chi connectivity index (χ4n) is 1.54. The number of aromatic nitrogens is 3. The number of furan rings is 1. The molecule has 7 heteroatoms. The Balaban J connectivity index is 2.34. The monoisotopic (exact) mass is 267 g/mol. The number of carbonyl (C=O) groups is 1. The van der Waals surface area contributed by atoms with Crippen molar-refractivity contribution in [1.29, 1.82) is 0 Å². The van der Waals surface area contributed by atoms with Crippen molar-refractivity contribution in [2.75, 3.05) is 5.75 Å². The molecule has 0 bridgehead atoms. The lowest BCUT2D eigenvalue weighted by Gasteiger charge is -2.11. The zero-order valence-electron chi connectivity index (χ0n) is 10.0. The van der Waals surface area contributed by atoms with Gasteiger partial charge >= 0.3 is 5.97 Å². The largest absolute Gasteiger partial charge is 0.481 e. The van der Waals surface area contributed by atoms with E-state index >= 15 is 0 Å². The molecular formula is C11H13N3O3S. The van der Waals surface area contributed by atoms with Crippen LogP contribution in [0.3, 0.4) is 0 Å². The van der Waals surface area contributed by atoms with Crippen LogP contribution < -0.4 is 0 Å². The van der Waals surface area contributed by atoms with Gasteiger partial charge in [-0.25, -0.2) is 0 Å². The highest BCUT2D eigenvalue weighted by Gasteiger charge is 2.18. The lowest BCUT2D eigenvalue weighted by atomic mass is 10.3. The Morgan fingerprint density at radius 1 is 1.56 bits per heavy atom. The highest BCUT2D eigenvalue weighted by molar-refractivity contribution is 7.99. The van der Waals surface area contributed by atoms with Crippen LogP contribution in [0.4, 0.5) is 0 Å². The molecule has 0 amide bonds. The third-order valence-corrected chi connectivity index (χ3v) is 3.18. The molecule has 96 valence electrons. The summed E-state index contributed by atoms with van der Waals surface area (Å²) in [5.74, 6) is 0.322. The lowest BCUT2D eigenvalue weighted by Crippen LogP contribution is -2.06. The van der Waals surface area contributed by atoms with Gasteiger partial charge in [0.2, 0.25) is 5.82 Å². The van der Waals surface area contributed by atoms with Crippen molar-refractivity contribution in [3.8, 4) is 11.6 Å². The number of carboxylic acid groups (broad SMARTS) is 1. The fraction of sp³-hybridized carbons (Fsp3) is 0.364. The smallest absolute Gasteiger partial charge is 0.313 e. The lowest BCUT2D eigenvalue weighted by molar-refractivity contribution is -0.133. The van der Waals surface area contributed by atoms with E-state index in [1.807, 2.05) is 18.4 Å². The molecule has 1 N–H and O–H groups in total. The van der Waals surface area contributed by atoms with E-state index in [1.54, 1.807) is 18.4 Å². The summed E-state index contributed by atoms with van der Waals surface area (Å²) in [5, 5.41) is 17.4. The number of hydrogen-bond donors (Lipinski definition) is 1. The first-order valence-electron chi connectivity index (χ1n) is 5.43. The second kappa shape index (κ2) is 5.26. The van der Waals surface area contributed by atoms with Crippen molar-refractivity contribution in [3.05, 3.63) is 18.4 Å². The van der Waals surface area contributed by atoms with Gasteiger partial charge in [-0.05, 0) is 26.0 Å². The molecule has 0 aliphatic carbocycles. The molecule has 0 aliphatic heterocycles. The minimum atomic E-state index is -0.877. The van der Waals surface area contributed by atoms with Gasteiger partial charge in [-0.15, -0.1) is 10.2 Å². The van der Waals surface area contributed by atoms with E-state index in [2.05, 4.69) is 10.2 Å². The highest BCUT2D eigenvalue weighted by atomic mass is 32.2. The van der Waals surface area contributed by atoms with E-state index in [-0.39, 0.29) is 11.8 Å². The number of nitrogens with zero attached hydrogens (tertiary/aromatic N) is 3. The van der Waals surface area contributed by atoms with Gasteiger partial charge in [0.05, 0.1) is 12.0 Å². The SMILES string of the molecule is CC(C)n1c(SCC(=O)O)nnc1-c1ccco1. The maximum absolute atomic E-state index is 10.6.